The van der Waals surface area contributed by atoms with Crippen molar-refractivity contribution in [1.82, 2.24) is 4.90 Å². The third kappa shape index (κ3) is 7.35. The molecule has 0 unspecified atom stereocenters. The first kappa shape index (κ1) is 29.4. The van der Waals surface area contributed by atoms with Crippen molar-refractivity contribution in [2.75, 3.05) is 25.6 Å². The van der Waals surface area contributed by atoms with Crippen LogP contribution >= 0.6 is 23.4 Å². The summed E-state index contributed by atoms with van der Waals surface area (Å²) in [5.41, 5.74) is 1.69. The van der Waals surface area contributed by atoms with Gasteiger partial charge >= 0.3 is 0 Å². The molecule has 1 fully saturated rings. The Bertz CT molecular complexity index is 1530. The van der Waals surface area contributed by atoms with Crippen LogP contribution in [0.25, 0.3) is 6.08 Å². The summed E-state index contributed by atoms with van der Waals surface area (Å²) in [6.45, 7) is 1.85. The molecule has 13 heteroatoms. The molecule has 3 amide bonds. The number of non-ortho nitro benzene ring substituents is 1. The van der Waals surface area contributed by atoms with Crippen LogP contribution in [0.4, 0.5) is 16.2 Å². The van der Waals surface area contributed by atoms with Crippen molar-refractivity contribution in [3.8, 4) is 17.2 Å². The molecule has 0 radical (unpaired) electrons. The second-order valence-electron chi connectivity index (χ2n) is 8.52. The van der Waals surface area contributed by atoms with Gasteiger partial charge in [-0.05, 0) is 78.4 Å². The molecule has 3 aromatic rings. The fraction of sp³-hybridized carbons (Fsp3) is 0.179. The van der Waals surface area contributed by atoms with Crippen molar-refractivity contribution < 1.29 is 33.5 Å². The van der Waals surface area contributed by atoms with E-state index in [0.29, 0.717) is 40.1 Å². The Morgan fingerprint density at radius 1 is 1.05 bits per heavy atom. The summed E-state index contributed by atoms with van der Waals surface area (Å²) in [5, 5.41) is 13.2. The number of carbonyl (C=O) groups is 3. The molecule has 0 aromatic heterocycles. The average molecular weight is 598 g/mol. The van der Waals surface area contributed by atoms with Gasteiger partial charge in [-0.1, -0.05) is 17.7 Å². The number of carbonyl (C=O) groups excluding carboxylic acids is 3. The molecule has 0 spiro atoms. The van der Waals surface area contributed by atoms with Crippen LogP contribution < -0.4 is 19.5 Å². The van der Waals surface area contributed by atoms with Crippen LogP contribution in [0.1, 0.15) is 18.1 Å². The van der Waals surface area contributed by atoms with Gasteiger partial charge in [0.2, 0.25) is 5.91 Å². The third-order valence-electron chi connectivity index (χ3n) is 5.72. The molecule has 0 saturated carbocycles. The molecule has 1 aliphatic rings. The molecule has 3 aromatic carbocycles. The molecule has 41 heavy (non-hydrogen) atoms. The summed E-state index contributed by atoms with van der Waals surface area (Å²) in [6.07, 6.45) is 1.54. The van der Waals surface area contributed by atoms with Gasteiger partial charge in [-0.15, -0.1) is 0 Å². The van der Waals surface area contributed by atoms with E-state index in [9.17, 15) is 24.5 Å². The first-order valence-electron chi connectivity index (χ1n) is 12.2. The highest BCUT2D eigenvalue weighted by molar-refractivity contribution is 8.18. The van der Waals surface area contributed by atoms with Gasteiger partial charge in [0, 0.05) is 17.8 Å². The van der Waals surface area contributed by atoms with Crippen LogP contribution in [0, 0.1) is 10.1 Å². The Morgan fingerprint density at radius 3 is 2.44 bits per heavy atom. The number of nitrogens with zero attached hydrogens (tertiary/aromatic N) is 2. The fourth-order valence-corrected chi connectivity index (χ4v) is 4.85. The molecule has 4 rings (SSSR count). The number of anilines is 1. The number of thioether (sulfide) groups is 1. The van der Waals surface area contributed by atoms with Crippen molar-refractivity contribution in [3.05, 3.63) is 91.8 Å². The highest BCUT2D eigenvalue weighted by Crippen LogP contribution is 2.35. The number of nitro groups is 1. The van der Waals surface area contributed by atoms with E-state index in [-0.39, 0.29) is 17.2 Å². The van der Waals surface area contributed by atoms with Gasteiger partial charge < -0.3 is 19.5 Å². The Morgan fingerprint density at radius 2 is 1.78 bits per heavy atom. The maximum Gasteiger partial charge on any atom is 0.294 e. The maximum absolute atomic E-state index is 12.9. The molecule has 1 heterocycles. The van der Waals surface area contributed by atoms with Gasteiger partial charge in [0.05, 0.1) is 28.6 Å². The number of nitrogens with one attached hydrogen (secondary N) is 1. The van der Waals surface area contributed by atoms with E-state index >= 15 is 0 Å². The number of rotatable bonds is 11. The summed E-state index contributed by atoms with van der Waals surface area (Å²) >= 11 is 6.81. The van der Waals surface area contributed by atoms with Crippen LogP contribution in [-0.2, 0) is 16.2 Å². The lowest BCUT2D eigenvalue weighted by molar-refractivity contribution is -0.384. The minimum absolute atomic E-state index is 0.0136. The molecule has 212 valence electrons. The molecule has 0 aliphatic carbocycles. The third-order valence-corrected chi connectivity index (χ3v) is 6.92. The Hall–Kier alpha value is -4.55. The van der Waals surface area contributed by atoms with Crippen LogP contribution in [0.15, 0.2) is 65.6 Å². The van der Waals surface area contributed by atoms with E-state index in [2.05, 4.69) is 5.32 Å². The summed E-state index contributed by atoms with van der Waals surface area (Å²) in [6, 6.07) is 15.7. The second kappa shape index (κ2) is 13.2. The number of ether oxygens (including phenoxy) is 3. The number of imide groups is 1. The fourth-order valence-electron chi connectivity index (χ4n) is 3.75. The molecule has 0 bridgehead atoms. The van der Waals surface area contributed by atoms with E-state index in [1.165, 1.54) is 31.4 Å². The van der Waals surface area contributed by atoms with Crippen LogP contribution in [0.3, 0.4) is 0 Å². The van der Waals surface area contributed by atoms with Crippen molar-refractivity contribution in [2.24, 2.45) is 0 Å². The Kier molecular flexibility index (Phi) is 9.48. The number of benzene rings is 3. The number of methoxy groups -OCH3 is 1. The zero-order valence-corrected chi connectivity index (χ0v) is 23.5. The largest absolute Gasteiger partial charge is 0.495 e. The van der Waals surface area contributed by atoms with E-state index in [0.717, 1.165) is 22.2 Å². The number of nitro benzene ring substituents is 1. The van der Waals surface area contributed by atoms with E-state index < -0.39 is 28.5 Å². The molecule has 1 aliphatic heterocycles. The normalized spacial score (nSPS) is 13.8. The lowest BCUT2D eigenvalue weighted by Gasteiger charge is -2.13. The number of amides is 3. The molecular formula is C28H24ClN3O8S. The molecule has 1 N–H and O–H groups in total. The zero-order chi connectivity index (χ0) is 29.5. The topological polar surface area (TPSA) is 137 Å². The van der Waals surface area contributed by atoms with Crippen molar-refractivity contribution in [1.29, 1.82) is 0 Å². The predicted octanol–water partition coefficient (Wildman–Crippen LogP) is 5.91. The average Bonchev–Trinajstić information content (AvgIpc) is 3.20. The highest BCUT2D eigenvalue weighted by Gasteiger charge is 2.36. The minimum atomic E-state index is -0.598. The maximum atomic E-state index is 12.9. The first-order valence-corrected chi connectivity index (χ1v) is 13.4. The van der Waals surface area contributed by atoms with Crippen LogP contribution in [0.5, 0.6) is 17.2 Å². The Labute approximate surface area is 244 Å². The first-order chi connectivity index (χ1) is 19.7. The summed E-state index contributed by atoms with van der Waals surface area (Å²) in [5.74, 6) is 0.130. The van der Waals surface area contributed by atoms with Gasteiger partial charge in [-0.2, -0.15) is 0 Å². The van der Waals surface area contributed by atoms with Crippen molar-refractivity contribution >= 4 is 57.9 Å². The van der Waals surface area contributed by atoms with E-state index in [1.54, 1.807) is 42.5 Å². The monoisotopic (exact) mass is 597 g/mol. The zero-order valence-electron chi connectivity index (χ0n) is 21.9. The van der Waals surface area contributed by atoms with Gasteiger partial charge in [-0.3, -0.25) is 29.4 Å². The van der Waals surface area contributed by atoms with E-state index in [4.69, 9.17) is 25.8 Å². The second-order valence-corrected chi connectivity index (χ2v) is 9.92. The Balaban J connectivity index is 1.42. The lowest BCUT2D eigenvalue weighted by Crippen LogP contribution is -2.36. The molecular weight excluding hydrogens is 574 g/mol. The smallest absolute Gasteiger partial charge is 0.294 e. The summed E-state index contributed by atoms with van der Waals surface area (Å²) < 4.78 is 16.6. The standard InChI is InChI=1S/C28H24ClN3O8S/c1-3-39-24-12-18(6-10-23(24)40-16-17-4-8-20(9-5-17)32(36)37)13-25-27(34)31(28(35)41-25)15-26(33)30-19-7-11-22(38-2)21(29)14-19/h4-14H,3,15-16H2,1-2H3,(H,30,33)/b25-13+. The SMILES string of the molecule is CCOc1cc(/C=C2/SC(=O)N(CC(=O)Nc3ccc(OC)c(Cl)c3)C2=O)ccc1OCc1ccc([N+](=O)[O-])cc1. The van der Waals surface area contributed by atoms with Crippen LogP contribution in [0.2, 0.25) is 5.02 Å². The summed E-state index contributed by atoms with van der Waals surface area (Å²) in [4.78, 5) is 49.4. The van der Waals surface area contributed by atoms with Gasteiger partial charge in [-0.25, -0.2) is 0 Å². The molecule has 1 saturated heterocycles. The summed E-state index contributed by atoms with van der Waals surface area (Å²) in [7, 11) is 1.47. The van der Waals surface area contributed by atoms with E-state index in [1.807, 2.05) is 6.92 Å². The van der Waals surface area contributed by atoms with Crippen LogP contribution in [-0.4, -0.2) is 47.1 Å². The lowest BCUT2D eigenvalue weighted by atomic mass is 10.1. The van der Waals surface area contributed by atoms with Crippen molar-refractivity contribution in [3.63, 3.8) is 0 Å². The van der Waals surface area contributed by atoms with Gasteiger partial charge in [0.15, 0.2) is 11.5 Å². The number of halogens is 1. The van der Waals surface area contributed by atoms with Crippen molar-refractivity contribution in [2.45, 2.75) is 13.5 Å². The quantitative estimate of drug-likeness (QED) is 0.162. The predicted molar refractivity (Wildman–Crippen MR) is 154 cm³/mol. The minimum Gasteiger partial charge on any atom is -0.495 e. The highest BCUT2D eigenvalue weighted by atomic mass is 35.5. The number of hydrogen-bond donors (Lipinski definition) is 1. The molecule has 0 atom stereocenters. The number of hydrogen-bond acceptors (Lipinski definition) is 9. The molecule has 11 nitrogen and oxygen atoms in total. The van der Waals surface area contributed by atoms with Gasteiger partial charge in [0.25, 0.3) is 16.8 Å². The van der Waals surface area contributed by atoms with Gasteiger partial charge in [0.1, 0.15) is 18.9 Å².